The fourth-order valence-corrected chi connectivity index (χ4v) is 7.12. The molecule has 5 aliphatic rings. The molecule has 1 atom stereocenters. The fraction of sp³-hybridized carbons (Fsp3) is 1.00. The lowest BCUT2D eigenvalue weighted by Crippen LogP contribution is -2.51. The van der Waals surface area contributed by atoms with E-state index >= 15 is 0 Å². The zero-order chi connectivity index (χ0) is 13.0. The van der Waals surface area contributed by atoms with E-state index in [1.165, 1.54) is 25.7 Å². The maximum atomic E-state index is 6.26. The molecule has 1 nitrogen and oxygen atoms in total. The minimum absolute atomic E-state index is 0.528. The van der Waals surface area contributed by atoms with Gasteiger partial charge in [0.15, 0.2) is 0 Å². The van der Waals surface area contributed by atoms with Gasteiger partial charge in [0.1, 0.15) is 0 Å². The first-order valence-corrected chi connectivity index (χ1v) is 8.92. The van der Waals surface area contributed by atoms with E-state index in [0.29, 0.717) is 5.41 Å². The second kappa shape index (κ2) is 4.48. The molecule has 0 saturated heterocycles. The molecule has 0 aliphatic heterocycles. The summed E-state index contributed by atoms with van der Waals surface area (Å²) in [7, 11) is 0. The average Bonchev–Trinajstić information content (AvgIpc) is 2.87. The zero-order valence-corrected chi connectivity index (χ0v) is 12.6. The molecule has 5 fully saturated rings. The van der Waals surface area contributed by atoms with Crippen LogP contribution in [0, 0.1) is 40.9 Å². The molecule has 0 aromatic rings. The topological polar surface area (TPSA) is 26.0 Å². The number of rotatable bonds is 3. The molecule has 2 N–H and O–H groups in total. The van der Waals surface area contributed by atoms with Gasteiger partial charge in [-0.1, -0.05) is 19.8 Å². The number of hydrogen-bond donors (Lipinski definition) is 1. The van der Waals surface area contributed by atoms with Gasteiger partial charge in [0.05, 0.1) is 0 Å². The summed E-state index contributed by atoms with van der Waals surface area (Å²) in [6.45, 7) is 3.54. The van der Waals surface area contributed by atoms with Gasteiger partial charge < -0.3 is 5.73 Å². The lowest BCUT2D eigenvalue weighted by atomic mass is 9.47. The maximum Gasteiger partial charge on any atom is -0.00179 e. The van der Waals surface area contributed by atoms with Crippen molar-refractivity contribution in [3.05, 3.63) is 0 Å². The monoisotopic (exact) mass is 261 g/mol. The summed E-state index contributed by atoms with van der Waals surface area (Å²) in [5, 5.41) is 0. The Hall–Kier alpha value is -0.0400. The van der Waals surface area contributed by atoms with Crippen LogP contribution >= 0.6 is 0 Å². The highest BCUT2D eigenvalue weighted by atomic mass is 14.7. The van der Waals surface area contributed by atoms with E-state index in [4.69, 9.17) is 5.73 Å². The van der Waals surface area contributed by atoms with Gasteiger partial charge in [-0.05, 0) is 92.4 Å². The van der Waals surface area contributed by atoms with Crippen LogP contribution in [0.5, 0.6) is 0 Å². The average molecular weight is 261 g/mol. The minimum Gasteiger partial charge on any atom is -0.330 e. The molecule has 108 valence electrons. The molecule has 1 heteroatoms. The Labute approximate surface area is 118 Å². The van der Waals surface area contributed by atoms with Gasteiger partial charge in [-0.2, -0.15) is 0 Å². The Kier molecular flexibility index (Phi) is 2.99. The summed E-state index contributed by atoms with van der Waals surface area (Å²) in [6, 6.07) is 0. The van der Waals surface area contributed by atoms with Gasteiger partial charge >= 0.3 is 0 Å². The summed E-state index contributed by atoms with van der Waals surface area (Å²) in [4.78, 5) is 0. The highest BCUT2D eigenvalue weighted by Gasteiger charge is 2.53. The van der Waals surface area contributed by atoms with Crippen molar-refractivity contribution in [1.82, 2.24) is 0 Å². The Morgan fingerprint density at radius 3 is 1.95 bits per heavy atom. The Morgan fingerprint density at radius 2 is 1.47 bits per heavy atom. The summed E-state index contributed by atoms with van der Waals surface area (Å²) in [5.74, 6) is 6.32. The zero-order valence-electron chi connectivity index (χ0n) is 12.6. The summed E-state index contributed by atoms with van der Waals surface area (Å²) in [5.41, 5.74) is 6.79. The van der Waals surface area contributed by atoms with Crippen molar-refractivity contribution in [3.63, 3.8) is 0 Å². The van der Waals surface area contributed by atoms with Crippen LogP contribution in [-0.2, 0) is 0 Å². The predicted octanol–water partition coefficient (Wildman–Crippen LogP) is 4.21. The van der Waals surface area contributed by atoms with Crippen LogP contribution in [0.2, 0.25) is 0 Å². The first-order chi connectivity index (χ1) is 9.22. The largest absolute Gasteiger partial charge is 0.330 e. The third kappa shape index (κ3) is 1.83. The van der Waals surface area contributed by atoms with Crippen molar-refractivity contribution in [1.29, 1.82) is 0 Å². The van der Waals surface area contributed by atoms with Crippen molar-refractivity contribution >= 4 is 0 Å². The second-order valence-corrected chi connectivity index (χ2v) is 8.57. The van der Waals surface area contributed by atoms with Crippen LogP contribution < -0.4 is 5.73 Å². The lowest BCUT2D eigenvalue weighted by Gasteiger charge is -2.58. The molecular weight excluding hydrogens is 230 g/mol. The van der Waals surface area contributed by atoms with Crippen molar-refractivity contribution in [2.24, 2.45) is 46.7 Å². The molecule has 5 saturated carbocycles. The Balaban J connectivity index is 1.58. The lowest BCUT2D eigenvalue weighted by molar-refractivity contribution is -0.0843. The first-order valence-electron chi connectivity index (χ1n) is 8.92. The van der Waals surface area contributed by atoms with Gasteiger partial charge in [-0.25, -0.2) is 0 Å². The minimum atomic E-state index is 0.528. The third-order valence-corrected chi connectivity index (χ3v) is 7.85. The first kappa shape index (κ1) is 12.7. The van der Waals surface area contributed by atoms with E-state index in [1.807, 2.05) is 0 Å². The summed E-state index contributed by atoms with van der Waals surface area (Å²) in [6.07, 6.45) is 13.6. The Bertz CT molecular complexity index is 314. The third-order valence-electron chi connectivity index (χ3n) is 7.85. The molecule has 4 bridgehead atoms. The van der Waals surface area contributed by atoms with Crippen molar-refractivity contribution in [2.45, 2.75) is 64.7 Å². The van der Waals surface area contributed by atoms with Crippen molar-refractivity contribution in [3.8, 4) is 0 Å². The van der Waals surface area contributed by atoms with Gasteiger partial charge in [-0.3, -0.25) is 0 Å². The quantitative estimate of drug-likeness (QED) is 0.809. The van der Waals surface area contributed by atoms with Crippen molar-refractivity contribution < 1.29 is 0 Å². The van der Waals surface area contributed by atoms with Crippen LogP contribution in [0.25, 0.3) is 0 Å². The molecule has 0 heterocycles. The van der Waals surface area contributed by atoms with Crippen molar-refractivity contribution in [2.75, 3.05) is 6.54 Å². The van der Waals surface area contributed by atoms with E-state index in [1.54, 1.807) is 32.1 Å². The SMILES string of the molecule is CC(C1C2CC3CC(C2)CC1C3)C1(CN)CCCC1. The highest BCUT2D eigenvalue weighted by Crippen LogP contribution is 2.61. The van der Waals surface area contributed by atoms with E-state index < -0.39 is 0 Å². The highest BCUT2D eigenvalue weighted by molar-refractivity contribution is 5.03. The molecule has 5 aliphatic carbocycles. The Morgan fingerprint density at radius 1 is 0.947 bits per heavy atom. The molecule has 1 unspecified atom stereocenters. The molecule has 0 aromatic heterocycles. The van der Waals surface area contributed by atoms with E-state index in [0.717, 1.165) is 42.1 Å². The van der Waals surface area contributed by atoms with E-state index in [-0.39, 0.29) is 0 Å². The number of nitrogens with two attached hydrogens (primary N) is 1. The molecule has 0 amide bonds. The van der Waals surface area contributed by atoms with Crippen LogP contribution in [0.1, 0.15) is 64.7 Å². The molecule has 19 heavy (non-hydrogen) atoms. The van der Waals surface area contributed by atoms with Crippen LogP contribution in [-0.4, -0.2) is 6.54 Å². The van der Waals surface area contributed by atoms with Gasteiger partial charge in [0, 0.05) is 0 Å². The molecule has 0 aromatic carbocycles. The van der Waals surface area contributed by atoms with Gasteiger partial charge in [-0.15, -0.1) is 0 Å². The predicted molar refractivity (Wildman–Crippen MR) is 79.7 cm³/mol. The smallest absolute Gasteiger partial charge is 0.00179 e. The summed E-state index contributed by atoms with van der Waals surface area (Å²) < 4.78 is 0. The van der Waals surface area contributed by atoms with Crippen LogP contribution in [0.4, 0.5) is 0 Å². The molecule has 0 spiro atoms. The maximum absolute atomic E-state index is 6.26. The second-order valence-electron chi connectivity index (χ2n) is 8.57. The van der Waals surface area contributed by atoms with E-state index in [9.17, 15) is 0 Å². The molecular formula is C18H31N. The van der Waals surface area contributed by atoms with Crippen LogP contribution in [0.15, 0.2) is 0 Å². The fourth-order valence-electron chi connectivity index (χ4n) is 7.12. The van der Waals surface area contributed by atoms with E-state index in [2.05, 4.69) is 6.92 Å². The van der Waals surface area contributed by atoms with Gasteiger partial charge in [0.2, 0.25) is 0 Å². The standard InChI is InChI=1S/C18H31N/c1-12(18(11-19)4-2-3-5-18)17-15-7-13-6-14(9-15)10-16(17)8-13/h12-17H,2-11,19H2,1H3. The van der Waals surface area contributed by atoms with Crippen LogP contribution in [0.3, 0.4) is 0 Å². The molecule has 0 radical (unpaired) electrons. The molecule has 5 rings (SSSR count). The normalized spacial score (nSPS) is 48.6. The number of hydrogen-bond acceptors (Lipinski definition) is 1. The summed E-state index contributed by atoms with van der Waals surface area (Å²) >= 11 is 0. The van der Waals surface area contributed by atoms with Gasteiger partial charge in [0.25, 0.3) is 0 Å².